The van der Waals surface area contributed by atoms with Crippen LogP contribution in [0.2, 0.25) is 0 Å². The molecule has 1 N–H and O–H groups in total. The van der Waals surface area contributed by atoms with Gasteiger partial charge in [0.05, 0.1) is 30.4 Å². The Kier molecular flexibility index (Phi) is 4.32. The molecule has 0 bridgehead atoms. The quantitative estimate of drug-likeness (QED) is 0.696. The van der Waals surface area contributed by atoms with E-state index >= 15 is 0 Å². The lowest BCUT2D eigenvalue weighted by Gasteiger charge is -2.04. The molecule has 0 fully saturated rings. The summed E-state index contributed by atoms with van der Waals surface area (Å²) in [6, 6.07) is 6.03. The average molecular weight is 290 g/mol. The van der Waals surface area contributed by atoms with Gasteiger partial charge in [-0.2, -0.15) is 10.2 Å². The van der Waals surface area contributed by atoms with E-state index in [4.69, 9.17) is 0 Å². The number of hydrogen-bond donors (Lipinski definition) is 1. The Balaban J connectivity index is 2.29. The number of rotatable bonds is 3. The molecule has 0 saturated carbocycles. The minimum Gasteiger partial charge on any atom is -0.452 e. The molecular weight excluding hydrogens is 275 g/mol. The maximum absolute atomic E-state index is 13.0. The van der Waals surface area contributed by atoms with Gasteiger partial charge in [0, 0.05) is 5.56 Å². The average Bonchev–Trinajstić information content (AvgIpc) is 2.75. The first-order valence-corrected chi connectivity index (χ1v) is 6.22. The topological polar surface area (TPSA) is 68.5 Å². The van der Waals surface area contributed by atoms with Crippen LogP contribution in [0.25, 0.3) is 5.69 Å². The van der Waals surface area contributed by atoms with Crippen LogP contribution >= 0.6 is 0 Å². The molecule has 1 aromatic heterocycles. The van der Waals surface area contributed by atoms with Crippen molar-refractivity contribution in [2.75, 3.05) is 7.11 Å². The van der Waals surface area contributed by atoms with Crippen LogP contribution in [0.15, 0.2) is 29.4 Å². The van der Waals surface area contributed by atoms with Crippen molar-refractivity contribution in [1.82, 2.24) is 15.2 Å². The summed E-state index contributed by atoms with van der Waals surface area (Å²) in [4.78, 5) is 10.9. The normalized spacial score (nSPS) is 10.9. The molecule has 110 valence electrons. The first-order chi connectivity index (χ1) is 10.0. The Morgan fingerprint density at radius 2 is 2.05 bits per heavy atom. The van der Waals surface area contributed by atoms with Gasteiger partial charge in [0.25, 0.3) is 0 Å². The summed E-state index contributed by atoms with van der Waals surface area (Å²) in [5, 5.41) is 8.18. The molecule has 0 spiro atoms. The maximum Gasteiger partial charge on any atom is 0.427 e. The molecule has 1 amide bonds. The number of amides is 1. The van der Waals surface area contributed by atoms with Gasteiger partial charge in [-0.1, -0.05) is 0 Å². The number of aryl methyl sites for hydroxylation is 1. The van der Waals surface area contributed by atoms with Crippen molar-refractivity contribution in [3.05, 3.63) is 47.0 Å². The van der Waals surface area contributed by atoms with E-state index < -0.39 is 6.09 Å². The molecule has 7 heteroatoms. The molecule has 0 aliphatic rings. The Hall–Kier alpha value is -2.70. The number of aromatic nitrogens is 2. The number of nitrogens with one attached hydrogen (secondary N) is 1. The molecule has 6 nitrogen and oxygen atoms in total. The zero-order chi connectivity index (χ0) is 15.4. The SMILES string of the molecule is COC(=O)N/N=C\c1c(C)nn(-c2ccc(F)cc2)c1C. The predicted octanol–water partition coefficient (Wildman–Crippen LogP) is 2.32. The van der Waals surface area contributed by atoms with Crippen LogP contribution in [0.3, 0.4) is 0 Å². The van der Waals surface area contributed by atoms with Crippen molar-refractivity contribution in [3.8, 4) is 5.69 Å². The summed E-state index contributed by atoms with van der Waals surface area (Å²) in [7, 11) is 1.26. The van der Waals surface area contributed by atoms with Crippen molar-refractivity contribution in [1.29, 1.82) is 0 Å². The van der Waals surface area contributed by atoms with Crippen LogP contribution < -0.4 is 5.43 Å². The highest BCUT2D eigenvalue weighted by molar-refractivity contribution is 5.83. The highest BCUT2D eigenvalue weighted by Gasteiger charge is 2.11. The molecule has 0 saturated heterocycles. The number of hydrogen-bond acceptors (Lipinski definition) is 4. The minimum absolute atomic E-state index is 0.302. The smallest absolute Gasteiger partial charge is 0.427 e. The standard InChI is InChI=1S/C14H15FN4O2/c1-9-13(8-16-17-14(20)21-3)10(2)19(18-9)12-6-4-11(15)5-7-12/h4-8H,1-3H3,(H,17,20)/b16-8-. The number of carbonyl (C=O) groups is 1. The van der Waals surface area contributed by atoms with E-state index in [2.05, 4.69) is 20.4 Å². The molecule has 1 heterocycles. The molecule has 1 aromatic carbocycles. The summed E-state index contributed by atoms with van der Waals surface area (Å²) < 4.78 is 19.1. The highest BCUT2D eigenvalue weighted by Crippen LogP contribution is 2.16. The molecule has 0 atom stereocenters. The van der Waals surface area contributed by atoms with Crippen LogP contribution in [0.4, 0.5) is 9.18 Å². The second-order valence-electron chi connectivity index (χ2n) is 4.33. The van der Waals surface area contributed by atoms with Gasteiger partial charge in [-0.15, -0.1) is 0 Å². The third-order valence-electron chi connectivity index (χ3n) is 2.95. The van der Waals surface area contributed by atoms with Gasteiger partial charge in [-0.05, 0) is 38.1 Å². The molecule has 0 unspecified atom stereocenters. The first kappa shape index (κ1) is 14.7. The van der Waals surface area contributed by atoms with E-state index in [1.165, 1.54) is 25.5 Å². The number of nitrogens with zero attached hydrogens (tertiary/aromatic N) is 3. The first-order valence-electron chi connectivity index (χ1n) is 6.22. The number of hydrazone groups is 1. The zero-order valence-electron chi connectivity index (χ0n) is 11.9. The van der Waals surface area contributed by atoms with Crippen LogP contribution in [0.5, 0.6) is 0 Å². The van der Waals surface area contributed by atoms with Crippen LogP contribution in [0.1, 0.15) is 17.0 Å². The largest absolute Gasteiger partial charge is 0.452 e. The van der Waals surface area contributed by atoms with Gasteiger partial charge in [0.15, 0.2) is 0 Å². The van der Waals surface area contributed by atoms with Gasteiger partial charge in [0.2, 0.25) is 0 Å². The van der Waals surface area contributed by atoms with Gasteiger partial charge in [0.1, 0.15) is 5.82 Å². The number of ether oxygens (including phenoxy) is 1. The highest BCUT2D eigenvalue weighted by atomic mass is 19.1. The third kappa shape index (κ3) is 3.25. The molecular formula is C14H15FN4O2. The molecule has 0 aliphatic carbocycles. The zero-order valence-corrected chi connectivity index (χ0v) is 11.9. The molecule has 2 rings (SSSR count). The van der Waals surface area contributed by atoms with E-state index in [0.29, 0.717) is 0 Å². The maximum atomic E-state index is 13.0. The van der Waals surface area contributed by atoms with Gasteiger partial charge < -0.3 is 4.74 Å². The summed E-state index contributed by atoms with van der Waals surface area (Å²) in [5.41, 5.74) is 5.31. The van der Waals surface area contributed by atoms with Crippen molar-refractivity contribution in [2.45, 2.75) is 13.8 Å². The Morgan fingerprint density at radius 1 is 1.38 bits per heavy atom. The van der Waals surface area contributed by atoms with Crippen LogP contribution in [-0.2, 0) is 4.74 Å². The van der Waals surface area contributed by atoms with Crippen molar-refractivity contribution in [2.24, 2.45) is 5.10 Å². The predicted molar refractivity (Wildman–Crippen MR) is 76.1 cm³/mol. The molecule has 0 radical (unpaired) electrons. The number of halogens is 1. The Bertz CT molecular complexity index is 677. The Morgan fingerprint density at radius 3 is 2.67 bits per heavy atom. The lowest BCUT2D eigenvalue weighted by atomic mass is 10.2. The summed E-state index contributed by atoms with van der Waals surface area (Å²) >= 11 is 0. The fourth-order valence-electron chi connectivity index (χ4n) is 1.87. The fraction of sp³-hybridized carbons (Fsp3) is 0.214. The van der Waals surface area contributed by atoms with E-state index in [1.807, 2.05) is 13.8 Å². The van der Waals surface area contributed by atoms with E-state index in [9.17, 15) is 9.18 Å². The van der Waals surface area contributed by atoms with Crippen molar-refractivity contribution < 1.29 is 13.9 Å². The second kappa shape index (κ2) is 6.17. The van der Waals surface area contributed by atoms with E-state index in [-0.39, 0.29) is 5.82 Å². The molecule has 0 aliphatic heterocycles. The summed E-state index contributed by atoms with van der Waals surface area (Å²) in [6.07, 6.45) is 0.849. The summed E-state index contributed by atoms with van der Waals surface area (Å²) in [6.45, 7) is 3.69. The second-order valence-corrected chi connectivity index (χ2v) is 4.33. The van der Waals surface area contributed by atoms with Crippen LogP contribution in [0, 0.1) is 19.7 Å². The lowest BCUT2D eigenvalue weighted by Crippen LogP contribution is -2.16. The monoisotopic (exact) mass is 290 g/mol. The number of benzene rings is 1. The fourth-order valence-corrected chi connectivity index (χ4v) is 1.87. The van der Waals surface area contributed by atoms with E-state index in [0.717, 1.165) is 22.6 Å². The van der Waals surface area contributed by atoms with Gasteiger partial charge >= 0.3 is 6.09 Å². The van der Waals surface area contributed by atoms with E-state index in [1.54, 1.807) is 16.8 Å². The van der Waals surface area contributed by atoms with Crippen molar-refractivity contribution in [3.63, 3.8) is 0 Å². The molecule has 21 heavy (non-hydrogen) atoms. The number of methoxy groups -OCH3 is 1. The lowest BCUT2D eigenvalue weighted by molar-refractivity contribution is 0.171. The Labute approximate surface area is 121 Å². The number of carbonyl (C=O) groups excluding carboxylic acids is 1. The van der Waals surface area contributed by atoms with Crippen molar-refractivity contribution >= 4 is 12.3 Å². The van der Waals surface area contributed by atoms with Gasteiger partial charge in [-0.25, -0.2) is 19.3 Å². The minimum atomic E-state index is -0.646. The summed E-state index contributed by atoms with van der Waals surface area (Å²) in [5.74, 6) is -0.302. The van der Waals surface area contributed by atoms with Gasteiger partial charge in [-0.3, -0.25) is 0 Å². The molecule has 2 aromatic rings. The third-order valence-corrected chi connectivity index (χ3v) is 2.95. The van der Waals surface area contributed by atoms with Crippen LogP contribution in [-0.4, -0.2) is 29.2 Å².